The molecule has 0 atom stereocenters. The van der Waals surface area contributed by atoms with Crippen LogP contribution in [0.1, 0.15) is 18.1 Å². The molecule has 0 aromatic carbocycles. The van der Waals surface area contributed by atoms with E-state index < -0.39 is 0 Å². The number of hydrogen-bond acceptors (Lipinski definition) is 3. The van der Waals surface area contributed by atoms with Crippen LogP contribution < -0.4 is 0 Å². The Hall–Kier alpha value is -1.64. The molecule has 0 unspecified atom stereocenters. The highest BCUT2D eigenvalue weighted by Crippen LogP contribution is 2.06. The monoisotopic (exact) mass is 191 g/mol. The van der Waals surface area contributed by atoms with Crippen LogP contribution in [0.4, 0.5) is 0 Å². The Morgan fingerprint density at radius 1 is 1.64 bits per heavy atom. The predicted molar refractivity (Wildman–Crippen MR) is 54.6 cm³/mol. The smallest absolute Gasteiger partial charge is 0.330 e. The van der Waals surface area contributed by atoms with Crippen LogP contribution in [-0.2, 0) is 9.53 Å². The zero-order valence-corrected chi connectivity index (χ0v) is 8.36. The topological polar surface area (TPSA) is 39.2 Å². The van der Waals surface area contributed by atoms with Crippen molar-refractivity contribution < 1.29 is 9.53 Å². The van der Waals surface area contributed by atoms with Gasteiger partial charge in [0.15, 0.2) is 0 Å². The SMILES string of the molecule is CCOC(=O)C=Cc1cnccc1C. The van der Waals surface area contributed by atoms with Crippen LogP contribution in [0.5, 0.6) is 0 Å². The van der Waals surface area contributed by atoms with Crippen molar-refractivity contribution in [1.29, 1.82) is 0 Å². The third-order valence-corrected chi connectivity index (χ3v) is 1.77. The number of carbonyl (C=O) groups excluding carboxylic acids is 1. The molecule has 0 amide bonds. The van der Waals surface area contributed by atoms with Gasteiger partial charge < -0.3 is 4.74 Å². The van der Waals surface area contributed by atoms with E-state index in [1.807, 2.05) is 13.0 Å². The largest absolute Gasteiger partial charge is 0.463 e. The molecule has 0 bridgehead atoms. The van der Waals surface area contributed by atoms with E-state index in [0.717, 1.165) is 11.1 Å². The molecule has 0 N–H and O–H groups in total. The Bertz CT molecular complexity index is 345. The van der Waals surface area contributed by atoms with Crippen molar-refractivity contribution in [2.75, 3.05) is 6.61 Å². The first-order chi connectivity index (χ1) is 6.74. The maximum absolute atomic E-state index is 11.0. The Kier molecular flexibility index (Phi) is 3.85. The summed E-state index contributed by atoms with van der Waals surface area (Å²) in [5.74, 6) is -0.323. The lowest BCUT2D eigenvalue weighted by molar-refractivity contribution is -0.137. The fraction of sp³-hybridized carbons (Fsp3) is 0.273. The second-order valence-corrected chi connectivity index (χ2v) is 2.82. The van der Waals surface area contributed by atoms with E-state index in [0.29, 0.717) is 6.61 Å². The van der Waals surface area contributed by atoms with Crippen LogP contribution in [0.2, 0.25) is 0 Å². The summed E-state index contributed by atoms with van der Waals surface area (Å²) in [6.07, 6.45) is 6.55. The van der Waals surface area contributed by atoms with Gasteiger partial charge in [0.2, 0.25) is 0 Å². The van der Waals surface area contributed by atoms with Crippen LogP contribution in [-0.4, -0.2) is 17.6 Å². The summed E-state index contributed by atoms with van der Waals surface area (Å²) >= 11 is 0. The van der Waals surface area contributed by atoms with Gasteiger partial charge in [-0.25, -0.2) is 4.79 Å². The van der Waals surface area contributed by atoms with Gasteiger partial charge in [-0.15, -0.1) is 0 Å². The van der Waals surface area contributed by atoms with Gasteiger partial charge in [-0.3, -0.25) is 4.98 Å². The van der Waals surface area contributed by atoms with Crippen molar-refractivity contribution in [2.45, 2.75) is 13.8 Å². The summed E-state index contributed by atoms with van der Waals surface area (Å²) in [7, 11) is 0. The van der Waals surface area contributed by atoms with E-state index in [-0.39, 0.29) is 5.97 Å². The zero-order chi connectivity index (χ0) is 10.4. The highest BCUT2D eigenvalue weighted by atomic mass is 16.5. The molecule has 3 heteroatoms. The van der Waals surface area contributed by atoms with E-state index in [2.05, 4.69) is 4.98 Å². The Morgan fingerprint density at radius 3 is 3.07 bits per heavy atom. The molecule has 14 heavy (non-hydrogen) atoms. The minimum Gasteiger partial charge on any atom is -0.463 e. The average Bonchev–Trinajstić information content (AvgIpc) is 2.17. The molecule has 0 spiro atoms. The average molecular weight is 191 g/mol. The summed E-state index contributed by atoms with van der Waals surface area (Å²) in [4.78, 5) is 15.0. The number of rotatable bonds is 3. The van der Waals surface area contributed by atoms with E-state index in [9.17, 15) is 4.79 Å². The van der Waals surface area contributed by atoms with E-state index >= 15 is 0 Å². The minimum absolute atomic E-state index is 0.323. The number of ether oxygens (including phenoxy) is 1. The lowest BCUT2D eigenvalue weighted by Crippen LogP contribution is -1.98. The minimum atomic E-state index is -0.323. The molecule has 0 aliphatic heterocycles. The number of hydrogen-bond donors (Lipinski definition) is 0. The summed E-state index contributed by atoms with van der Waals surface area (Å²) < 4.78 is 4.76. The van der Waals surface area contributed by atoms with Gasteiger partial charge >= 0.3 is 5.97 Å². The van der Waals surface area contributed by atoms with Gasteiger partial charge in [0.25, 0.3) is 0 Å². The molecular weight excluding hydrogens is 178 g/mol. The quantitative estimate of drug-likeness (QED) is 0.541. The van der Waals surface area contributed by atoms with Crippen LogP contribution in [0.3, 0.4) is 0 Å². The molecule has 1 aromatic heterocycles. The third-order valence-electron chi connectivity index (χ3n) is 1.77. The molecular formula is C11H13NO2. The molecule has 1 aromatic rings. The maximum atomic E-state index is 11.0. The molecule has 74 valence electrons. The summed E-state index contributed by atoms with van der Waals surface area (Å²) in [5.41, 5.74) is 2.01. The standard InChI is InChI=1S/C11H13NO2/c1-3-14-11(13)5-4-10-8-12-7-6-9(10)2/h4-8H,3H2,1-2H3. The van der Waals surface area contributed by atoms with Crippen molar-refractivity contribution in [3.05, 3.63) is 35.7 Å². The zero-order valence-electron chi connectivity index (χ0n) is 8.36. The molecule has 0 aliphatic carbocycles. The summed E-state index contributed by atoms with van der Waals surface area (Å²) in [6, 6.07) is 1.89. The highest BCUT2D eigenvalue weighted by Gasteiger charge is 1.95. The van der Waals surface area contributed by atoms with Crippen molar-refractivity contribution >= 4 is 12.0 Å². The molecule has 0 saturated carbocycles. The predicted octanol–water partition coefficient (Wildman–Crippen LogP) is 1.97. The Morgan fingerprint density at radius 2 is 2.43 bits per heavy atom. The molecule has 3 nitrogen and oxygen atoms in total. The third kappa shape index (κ3) is 3.01. The number of nitrogens with zero attached hydrogens (tertiary/aromatic N) is 1. The fourth-order valence-electron chi connectivity index (χ4n) is 0.999. The molecule has 1 heterocycles. The fourth-order valence-corrected chi connectivity index (χ4v) is 0.999. The van der Waals surface area contributed by atoms with Crippen molar-refractivity contribution in [1.82, 2.24) is 4.98 Å². The van der Waals surface area contributed by atoms with Crippen molar-refractivity contribution in [3.63, 3.8) is 0 Å². The number of carbonyl (C=O) groups is 1. The number of aromatic nitrogens is 1. The second kappa shape index (κ2) is 5.17. The lowest BCUT2D eigenvalue weighted by atomic mass is 10.1. The Labute approximate surface area is 83.4 Å². The molecule has 0 aliphatic rings. The Balaban J connectivity index is 2.69. The number of esters is 1. The van der Waals surface area contributed by atoms with Crippen LogP contribution in [0, 0.1) is 6.92 Å². The van der Waals surface area contributed by atoms with Crippen LogP contribution in [0.15, 0.2) is 24.5 Å². The van der Waals surface area contributed by atoms with Gasteiger partial charge in [0, 0.05) is 18.5 Å². The number of aryl methyl sites for hydroxylation is 1. The van der Waals surface area contributed by atoms with Crippen LogP contribution in [0.25, 0.3) is 6.08 Å². The van der Waals surface area contributed by atoms with Crippen molar-refractivity contribution in [2.24, 2.45) is 0 Å². The van der Waals surface area contributed by atoms with Crippen LogP contribution >= 0.6 is 0 Å². The summed E-state index contributed by atoms with van der Waals surface area (Å²) in [6.45, 7) is 4.14. The van der Waals surface area contributed by atoms with Gasteiger partial charge in [0.1, 0.15) is 0 Å². The molecule has 0 fully saturated rings. The normalized spacial score (nSPS) is 10.4. The molecule has 1 rings (SSSR count). The highest BCUT2D eigenvalue weighted by molar-refractivity contribution is 5.87. The maximum Gasteiger partial charge on any atom is 0.330 e. The van der Waals surface area contributed by atoms with E-state index in [1.54, 1.807) is 25.4 Å². The van der Waals surface area contributed by atoms with Gasteiger partial charge in [-0.05, 0) is 37.1 Å². The van der Waals surface area contributed by atoms with Gasteiger partial charge in [-0.1, -0.05) is 0 Å². The van der Waals surface area contributed by atoms with E-state index in [1.165, 1.54) is 6.08 Å². The summed E-state index contributed by atoms with van der Waals surface area (Å²) in [5, 5.41) is 0. The number of pyridine rings is 1. The first-order valence-corrected chi connectivity index (χ1v) is 4.49. The van der Waals surface area contributed by atoms with E-state index in [4.69, 9.17) is 4.74 Å². The second-order valence-electron chi connectivity index (χ2n) is 2.82. The first kappa shape index (κ1) is 10.4. The van der Waals surface area contributed by atoms with Gasteiger partial charge in [-0.2, -0.15) is 0 Å². The van der Waals surface area contributed by atoms with Crippen molar-refractivity contribution in [3.8, 4) is 0 Å². The van der Waals surface area contributed by atoms with Gasteiger partial charge in [0.05, 0.1) is 6.61 Å². The first-order valence-electron chi connectivity index (χ1n) is 4.49. The lowest BCUT2D eigenvalue weighted by Gasteiger charge is -1.98. The molecule has 0 radical (unpaired) electrons. The molecule has 0 saturated heterocycles.